The van der Waals surface area contributed by atoms with E-state index >= 15 is 0 Å². The molecule has 0 aromatic carbocycles. The van der Waals surface area contributed by atoms with Crippen molar-refractivity contribution in [2.45, 2.75) is 18.9 Å². The molecule has 17 heavy (non-hydrogen) atoms. The lowest BCUT2D eigenvalue weighted by molar-refractivity contribution is 0.112. The molecule has 1 aromatic heterocycles. The molecule has 2 aliphatic rings. The number of anilines is 1. The van der Waals surface area contributed by atoms with E-state index in [0.717, 1.165) is 38.0 Å². The second kappa shape index (κ2) is 4.11. The number of rotatable bonds is 2. The summed E-state index contributed by atoms with van der Waals surface area (Å²) in [6, 6.07) is 3.57. The van der Waals surface area contributed by atoms with Crippen LogP contribution in [0.3, 0.4) is 0 Å². The van der Waals surface area contributed by atoms with E-state index in [4.69, 9.17) is 0 Å². The number of aliphatic hydroxyl groups is 1. The fraction of sp³-hybridized carbons (Fsp3) is 0.538. The second-order valence-electron chi connectivity index (χ2n) is 5.01. The molecule has 0 amide bonds. The number of aromatic nitrogens is 1. The van der Waals surface area contributed by atoms with Gasteiger partial charge in [-0.25, -0.2) is 4.98 Å². The summed E-state index contributed by atoms with van der Waals surface area (Å²) in [4.78, 5) is 17.4. The van der Waals surface area contributed by atoms with E-state index in [0.29, 0.717) is 17.4 Å². The first kappa shape index (κ1) is 10.7. The molecule has 3 unspecified atom stereocenters. The highest BCUT2D eigenvalue weighted by atomic mass is 16.3. The van der Waals surface area contributed by atoms with Crippen molar-refractivity contribution in [3.63, 3.8) is 0 Å². The molecular formula is C13H16N2O2. The maximum absolute atomic E-state index is 11.0. The molecule has 1 aliphatic carbocycles. The fourth-order valence-corrected chi connectivity index (χ4v) is 3.18. The van der Waals surface area contributed by atoms with Crippen molar-refractivity contribution in [2.75, 3.05) is 18.0 Å². The van der Waals surface area contributed by atoms with Crippen LogP contribution in [0, 0.1) is 11.8 Å². The Kier molecular flexibility index (Phi) is 2.59. The maximum Gasteiger partial charge on any atom is 0.153 e. The van der Waals surface area contributed by atoms with Crippen LogP contribution in [0.4, 0.5) is 5.82 Å². The highest BCUT2D eigenvalue weighted by molar-refractivity contribution is 5.82. The van der Waals surface area contributed by atoms with Gasteiger partial charge in [0.05, 0.1) is 11.7 Å². The first-order valence-corrected chi connectivity index (χ1v) is 6.13. The Morgan fingerprint density at radius 3 is 3.06 bits per heavy atom. The standard InChI is InChI=1S/C13H16N2O2/c16-8-10-2-1-5-14-13(10)15-6-9-3-4-12(17)11(9)7-15/h1-2,5,8-9,11-12,17H,3-4,6-7H2. The quantitative estimate of drug-likeness (QED) is 0.776. The van der Waals surface area contributed by atoms with Crippen LogP contribution >= 0.6 is 0 Å². The first-order chi connectivity index (χ1) is 8.29. The minimum absolute atomic E-state index is 0.173. The molecule has 1 N–H and O–H groups in total. The van der Waals surface area contributed by atoms with Crippen LogP contribution in [-0.2, 0) is 0 Å². The average molecular weight is 232 g/mol. The third kappa shape index (κ3) is 1.72. The zero-order valence-corrected chi connectivity index (χ0v) is 9.62. The monoisotopic (exact) mass is 232 g/mol. The van der Waals surface area contributed by atoms with Crippen molar-refractivity contribution in [1.82, 2.24) is 4.98 Å². The Morgan fingerprint density at radius 2 is 2.29 bits per heavy atom. The number of fused-ring (bicyclic) bond motifs is 1. The van der Waals surface area contributed by atoms with Crippen molar-refractivity contribution < 1.29 is 9.90 Å². The summed E-state index contributed by atoms with van der Waals surface area (Å²) in [7, 11) is 0. The summed E-state index contributed by atoms with van der Waals surface area (Å²) in [6.45, 7) is 1.74. The van der Waals surface area contributed by atoms with Gasteiger partial charge in [-0.1, -0.05) is 0 Å². The Labute approximate surface area is 100 Å². The topological polar surface area (TPSA) is 53.4 Å². The Hall–Kier alpha value is -1.42. The molecule has 90 valence electrons. The summed E-state index contributed by atoms with van der Waals surface area (Å²) in [5, 5.41) is 9.87. The molecule has 0 radical (unpaired) electrons. The molecule has 2 fully saturated rings. The number of aldehydes is 1. The fourth-order valence-electron chi connectivity index (χ4n) is 3.18. The van der Waals surface area contributed by atoms with Gasteiger partial charge in [0.1, 0.15) is 5.82 Å². The maximum atomic E-state index is 11.0. The van der Waals surface area contributed by atoms with E-state index in [1.807, 2.05) is 0 Å². The van der Waals surface area contributed by atoms with Gasteiger partial charge in [-0.15, -0.1) is 0 Å². The summed E-state index contributed by atoms with van der Waals surface area (Å²) >= 11 is 0. The van der Waals surface area contributed by atoms with Gasteiger partial charge in [-0.3, -0.25) is 4.79 Å². The molecule has 4 heteroatoms. The van der Waals surface area contributed by atoms with Crippen molar-refractivity contribution in [1.29, 1.82) is 0 Å². The minimum atomic E-state index is -0.173. The van der Waals surface area contributed by atoms with Gasteiger partial charge >= 0.3 is 0 Å². The smallest absolute Gasteiger partial charge is 0.153 e. The minimum Gasteiger partial charge on any atom is -0.393 e. The van der Waals surface area contributed by atoms with Crippen LogP contribution in [0.1, 0.15) is 23.2 Å². The first-order valence-electron chi connectivity index (χ1n) is 6.13. The molecule has 1 saturated carbocycles. The van der Waals surface area contributed by atoms with E-state index in [1.165, 1.54) is 0 Å². The van der Waals surface area contributed by atoms with E-state index in [-0.39, 0.29) is 6.10 Å². The number of nitrogens with zero attached hydrogens (tertiary/aromatic N) is 2. The highest BCUT2D eigenvalue weighted by Crippen LogP contribution is 2.39. The Bertz CT molecular complexity index is 435. The number of hydrogen-bond acceptors (Lipinski definition) is 4. The van der Waals surface area contributed by atoms with E-state index in [9.17, 15) is 9.90 Å². The average Bonchev–Trinajstić information content (AvgIpc) is 2.92. The number of hydrogen-bond donors (Lipinski definition) is 1. The predicted molar refractivity (Wildman–Crippen MR) is 64.1 cm³/mol. The van der Waals surface area contributed by atoms with Crippen molar-refractivity contribution >= 4 is 12.1 Å². The van der Waals surface area contributed by atoms with Crippen molar-refractivity contribution in [2.24, 2.45) is 11.8 Å². The van der Waals surface area contributed by atoms with Crippen LogP contribution < -0.4 is 4.90 Å². The summed E-state index contributed by atoms with van der Waals surface area (Å²) in [6.07, 6.45) is 4.41. The van der Waals surface area contributed by atoms with E-state index in [1.54, 1.807) is 18.3 Å². The molecule has 3 rings (SSSR count). The van der Waals surface area contributed by atoms with Gasteiger partial charge < -0.3 is 10.0 Å². The van der Waals surface area contributed by atoms with Crippen LogP contribution in [-0.4, -0.2) is 35.6 Å². The lowest BCUT2D eigenvalue weighted by atomic mass is 10.00. The van der Waals surface area contributed by atoms with Gasteiger partial charge in [0.2, 0.25) is 0 Å². The van der Waals surface area contributed by atoms with Gasteiger partial charge in [0.25, 0.3) is 0 Å². The number of pyridine rings is 1. The normalized spacial score (nSPS) is 31.6. The number of carbonyl (C=O) groups is 1. The molecule has 2 heterocycles. The van der Waals surface area contributed by atoms with Crippen molar-refractivity contribution in [3.05, 3.63) is 23.9 Å². The van der Waals surface area contributed by atoms with Crippen LogP contribution in [0.25, 0.3) is 0 Å². The molecule has 0 bridgehead atoms. The van der Waals surface area contributed by atoms with Crippen LogP contribution in [0.15, 0.2) is 18.3 Å². The largest absolute Gasteiger partial charge is 0.393 e. The van der Waals surface area contributed by atoms with Crippen LogP contribution in [0.2, 0.25) is 0 Å². The van der Waals surface area contributed by atoms with Gasteiger partial charge in [-0.2, -0.15) is 0 Å². The third-order valence-corrected chi connectivity index (χ3v) is 4.06. The third-order valence-electron chi connectivity index (χ3n) is 4.06. The molecular weight excluding hydrogens is 216 g/mol. The number of carbonyl (C=O) groups excluding carboxylic acids is 1. The molecule has 1 aromatic rings. The molecule has 1 saturated heterocycles. The van der Waals surface area contributed by atoms with Crippen LogP contribution in [0.5, 0.6) is 0 Å². The van der Waals surface area contributed by atoms with Gasteiger partial charge in [-0.05, 0) is 30.9 Å². The lowest BCUT2D eigenvalue weighted by Gasteiger charge is -2.20. The highest BCUT2D eigenvalue weighted by Gasteiger charge is 2.42. The Balaban J connectivity index is 1.85. The van der Waals surface area contributed by atoms with Gasteiger partial charge in [0.15, 0.2) is 6.29 Å². The Morgan fingerprint density at radius 1 is 1.41 bits per heavy atom. The second-order valence-corrected chi connectivity index (χ2v) is 5.01. The zero-order chi connectivity index (χ0) is 11.8. The number of aliphatic hydroxyl groups excluding tert-OH is 1. The van der Waals surface area contributed by atoms with E-state index in [2.05, 4.69) is 9.88 Å². The summed E-state index contributed by atoms with van der Waals surface area (Å²) < 4.78 is 0. The summed E-state index contributed by atoms with van der Waals surface area (Å²) in [5.41, 5.74) is 0.641. The predicted octanol–water partition coefficient (Wildman–Crippen LogP) is 1.10. The van der Waals surface area contributed by atoms with E-state index < -0.39 is 0 Å². The van der Waals surface area contributed by atoms with Gasteiger partial charge in [0, 0.05) is 25.2 Å². The molecule has 4 nitrogen and oxygen atoms in total. The SMILES string of the molecule is O=Cc1cccnc1N1CC2CCC(O)C2C1. The molecule has 0 spiro atoms. The zero-order valence-electron chi connectivity index (χ0n) is 9.62. The molecule has 1 aliphatic heterocycles. The van der Waals surface area contributed by atoms with Crippen molar-refractivity contribution in [3.8, 4) is 0 Å². The lowest BCUT2D eigenvalue weighted by Crippen LogP contribution is -2.26. The molecule has 3 atom stereocenters. The summed E-state index contributed by atoms with van der Waals surface area (Å²) in [5.74, 6) is 1.69.